The molecule has 0 aromatic carbocycles. The molecule has 1 N–H and O–H groups in total. The zero-order valence-corrected chi connectivity index (χ0v) is 14.8. The van der Waals surface area contributed by atoms with E-state index >= 15 is 0 Å². The number of piperazine rings is 1. The summed E-state index contributed by atoms with van der Waals surface area (Å²) in [7, 11) is 0. The zero-order valence-electron chi connectivity index (χ0n) is 14.8. The lowest BCUT2D eigenvalue weighted by Gasteiger charge is -2.36. The van der Waals surface area contributed by atoms with Gasteiger partial charge in [0.25, 0.3) is 0 Å². The second-order valence-electron chi connectivity index (χ2n) is 8.10. The minimum Gasteiger partial charge on any atom is -0.352 e. The third kappa shape index (κ3) is 3.47. The van der Waals surface area contributed by atoms with Gasteiger partial charge in [-0.3, -0.25) is 14.6 Å². The van der Waals surface area contributed by atoms with E-state index in [2.05, 4.69) is 22.0 Å². The first kappa shape index (κ1) is 16.8. The van der Waals surface area contributed by atoms with Crippen molar-refractivity contribution in [2.24, 2.45) is 5.92 Å². The molecule has 5 aliphatic rings. The van der Waals surface area contributed by atoms with Crippen molar-refractivity contribution >= 4 is 5.91 Å². The highest BCUT2D eigenvalue weighted by Gasteiger charge is 2.43. The number of ether oxygens (including phenoxy) is 2. The van der Waals surface area contributed by atoms with E-state index in [1.165, 1.54) is 19.3 Å². The maximum absolute atomic E-state index is 12.6. The van der Waals surface area contributed by atoms with Crippen LogP contribution in [0, 0.1) is 5.92 Å². The van der Waals surface area contributed by atoms with Crippen LogP contribution in [-0.2, 0) is 14.3 Å². The highest BCUT2D eigenvalue weighted by Crippen LogP contribution is 2.39. The van der Waals surface area contributed by atoms with Gasteiger partial charge in [-0.25, -0.2) is 0 Å². The molecule has 0 aromatic rings. The summed E-state index contributed by atoms with van der Waals surface area (Å²) in [5.74, 6) is 0.568. The van der Waals surface area contributed by atoms with E-state index in [0.717, 1.165) is 51.5 Å². The SMILES string of the molecule is CC1CCC2(CC1)OC[C@@H](CNC(=O)[C@@H]1CN3CCCN1CC3)O2. The van der Waals surface area contributed by atoms with Gasteiger partial charge >= 0.3 is 0 Å². The molecule has 1 aliphatic carbocycles. The van der Waals surface area contributed by atoms with Crippen LogP contribution in [0.1, 0.15) is 39.0 Å². The van der Waals surface area contributed by atoms with Crippen LogP contribution in [0.25, 0.3) is 0 Å². The molecule has 6 heteroatoms. The monoisotopic (exact) mass is 337 g/mol. The number of hydrogen-bond acceptors (Lipinski definition) is 5. The number of carbonyl (C=O) groups excluding carboxylic acids is 1. The summed E-state index contributed by atoms with van der Waals surface area (Å²) in [4.78, 5) is 17.4. The van der Waals surface area contributed by atoms with Crippen molar-refractivity contribution in [3.8, 4) is 0 Å². The smallest absolute Gasteiger partial charge is 0.238 e. The fourth-order valence-corrected chi connectivity index (χ4v) is 4.61. The molecule has 4 saturated heterocycles. The Hall–Kier alpha value is -0.690. The molecular weight excluding hydrogens is 306 g/mol. The molecule has 24 heavy (non-hydrogen) atoms. The fraction of sp³-hybridized carbons (Fsp3) is 0.944. The Balaban J connectivity index is 1.26. The number of amides is 1. The van der Waals surface area contributed by atoms with Gasteiger partial charge in [0.1, 0.15) is 12.1 Å². The van der Waals surface area contributed by atoms with E-state index < -0.39 is 0 Å². The van der Waals surface area contributed by atoms with E-state index in [0.29, 0.717) is 13.2 Å². The van der Waals surface area contributed by atoms with Crippen molar-refractivity contribution in [3.05, 3.63) is 0 Å². The van der Waals surface area contributed by atoms with Crippen molar-refractivity contribution < 1.29 is 14.3 Å². The number of nitrogens with one attached hydrogen (secondary N) is 1. The Morgan fingerprint density at radius 2 is 2.04 bits per heavy atom. The molecule has 2 unspecified atom stereocenters. The zero-order chi connectivity index (χ0) is 16.6. The lowest BCUT2D eigenvalue weighted by molar-refractivity contribution is -0.191. The van der Waals surface area contributed by atoms with E-state index in [-0.39, 0.29) is 23.8 Å². The molecule has 4 atom stereocenters. The number of hydrogen-bond donors (Lipinski definition) is 1. The number of rotatable bonds is 3. The van der Waals surface area contributed by atoms with Gasteiger partial charge in [-0.2, -0.15) is 0 Å². The lowest BCUT2D eigenvalue weighted by Crippen LogP contribution is -2.57. The molecule has 0 radical (unpaired) electrons. The van der Waals surface area contributed by atoms with E-state index in [1.807, 2.05) is 0 Å². The average Bonchev–Trinajstić information content (AvgIpc) is 2.76. The third-order valence-corrected chi connectivity index (χ3v) is 6.25. The van der Waals surface area contributed by atoms with Crippen LogP contribution in [0.5, 0.6) is 0 Å². The van der Waals surface area contributed by atoms with Gasteiger partial charge in [-0.1, -0.05) is 6.92 Å². The molecule has 2 bridgehead atoms. The Morgan fingerprint density at radius 1 is 1.21 bits per heavy atom. The van der Waals surface area contributed by atoms with Crippen LogP contribution in [0.4, 0.5) is 0 Å². The summed E-state index contributed by atoms with van der Waals surface area (Å²) in [6, 6.07) is 0.00746. The van der Waals surface area contributed by atoms with Gasteiger partial charge < -0.3 is 14.8 Å². The van der Waals surface area contributed by atoms with Gasteiger partial charge in [-0.05, 0) is 31.7 Å². The Labute approximate surface area is 144 Å². The molecule has 1 spiro atoms. The van der Waals surface area contributed by atoms with Crippen LogP contribution < -0.4 is 5.32 Å². The van der Waals surface area contributed by atoms with Crippen LogP contribution in [-0.4, -0.2) is 79.5 Å². The van der Waals surface area contributed by atoms with Gasteiger partial charge in [-0.15, -0.1) is 0 Å². The highest BCUT2D eigenvalue weighted by molar-refractivity contribution is 5.82. The lowest BCUT2D eigenvalue weighted by atomic mass is 9.86. The Kier molecular flexibility index (Phi) is 4.82. The highest BCUT2D eigenvalue weighted by atomic mass is 16.7. The molecule has 1 amide bonds. The number of carbonyl (C=O) groups is 1. The minimum atomic E-state index is -0.363. The van der Waals surface area contributed by atoms with Crippen LogP contribution in [0.15, 0.2) is 0 Å². The molecular formula is C18H31N3O3. The van der Waals surface area contributed by atoms with Crippen molar-refractivity contribution in [2.45, 2.75) is 57.0 Å². The summed E-state index contributed by atoms with van der Waals surface area (Å²) in [6.07, 6.45) is 5.50. The van der Waals surface area contributed by atoms with Gasteiger partial charge in [0.05, 0.1) is 6.61 Å². The summed E-state index contributed by atoms with van der Waals surface area (Å²) >= 11 is 0. The average molecular weight is 337 g/mol. The maximum atomic E-state index is 12.6. The first-order valence-electron chi connectivity index (χ1n) is 9.69. The van der Waals surface area contributed by atoms with Gasteiger partial charge in [0.2, 0.25) is 5.91 Å². The van der Waals surface area contributed by atoms with E-state index in [1.54, 1.807) is 0 Å². The first-order valence-corrected chi connectivity index (χ1v) is 9.69. The summed E-state index contributed by atoms with van der Waals surface area (Å²) < 4.78 is 12.2. The van der Waals surface area contributed by atoms with E-state index in [9.17, 15) is 4.79 Å². The van der Waals surface area contributed by atoms with E-state index in [4.69, 9.17) is 9.47 Å². The number of fused-ring (bicyclic) bond motifs is 4. The molecule has 5 rings (SSSR count). The summed E-state index contributed by atoms with van der Waals surface area (Å²) in [5, 5.41) is 3.13. The Bertz CT molecular complexity index is 460. The second kappa shape index (κ2) is 6.90. The quantitative estimate of drug-likeness (QED) is 0.826. The summed E-state index contributed by atoms with van der Waals surface area (Å²) in [5.41, 5.74) is 0. The standard InChI is InChI=1S/C18H31N3O3/c1-14-3-5-18(6-4-14)23-13-15(24-18)11-19-17(22)16-12-20-7-2-8-21(16)10-9-20/h14-16H,2-13H2,1H3,(H,19,22)/t14?,15-,16+,18?/m1/s1. The second-order valence-corrected chi connectivity index (χ2v) is 8.10. The first-order chi connectivity index (χ1) is 11.6. The molecule has 0 aromatic heterocycles. The molecule has 4 aliphatic heterocycles. The van der Waals surface area contributed by atoms with Crippen LogP contribution in [0.3, 0.4) is 0 Å². The summed E-state index contributed by atoms with van der Waals surface area (Å²) in [6.45, 7) is 8.63. The van der Waals surface area contributed by atoms with Crippen LogP contribution in [0.2, 0.25) is 0 Å². The molecule has 4 heterocycles. The molecule has 6 nitrogen and oxygen atoms in total. The van der Waals surface area contributed by atoms with Crippen LogP contribution >= 0.6 is 0 Å². The molecule has 5 fully saturated rings. The van der Waals surface area contributed by atoms with Crippen molar-refractivity contribution in [3.63, 3.8) is 0 Å². The topological polar surface area (TPSA) is 54.0 Å². The van der Waals surface area contributed by atoms with Crippen molar-refractivity contribution in [1.29, 1.82) is 0 Å². The van der Waals surface area contributed by atoms with Gasteiger partial charge in [0, 0.05) is 45.6 Å². The fourth-order valence-electron chi connectivity index (χ4n) is 4.61. The Morgan fingerprint density at radius 3 is 2.88 bits per heavy atom. The maximum Gasteiger partial charge on any atom is 0.238 e. The van der Waals surface area contributed by atoms with Crippen molar-refractivity contribution in [2.75, 3.05) is 45.9 Å². The normalized spacial score (nSPS) is 45.3. The predicted molar refractivity (Wildman–Crippen MR) is 90.6 cm³/mol. The van der Waals surface area contributed by atoms with Crippen molar-refractivity contribution in [1.82, 2.24) is 15.1 Å². The third-order valence-electron chi connectivity index (χ3n) is 6.25. The predicted octanol–water partition coefficient (Wildman–Crippen LogP) is 0.814. The minimum absolute atomic E-state index is 0.000581. The largest absolute Gasteiger partial charge is 0.352 e. The number of nitrogens with zero attached hydrogens (tertiary/aromatic N) is 2. The van der Waals surface area contributed by atoms with Gasteiger partial charge in [0.15, 0.2) is 5.79 Å². The molecule has 136 valence electrons. The molecule has 1 saturated carbocycles.